The molecule has 2 saturated heterocycles. The number of hydrogen-bond donors (Lipinski definition) is 1. The Morgan fingerprint density at radius 2 is 1.86 bits per heavy atom. The number of likely N-dealkylation sites (tertiary alicyclic amines) is 2. The van der Waals surface area contributed by atoms with Crippen LogP contribution in [0.1, 0.15) is 45.2 Å². The summed E-state index contributed by atoms with van der Waals surface area (Å²) < 4.78 is 5.12. The smallest absolute Gasteiger partial charge is 0.409 e. The fraction of sp³-hybridized carbons (Fsp3) is 0.565. The highest BCUT2D eigenvalue weighted by Gasteiger charge is 2.43. The van der Waals surface area contributed by atoms with Crippen molar-refractivity contribution in [2.45, 2.75) is 44.1 Å². The molecule has 1 aromatic rings. The standard InChI is InChI=1S/C23H30N2O4.H2/c1-2-29-22(28)25-11-7-17(8-12-25)24-13-9-23(10-14-24)15-19(21(27)16-26)18-5-3-4-6-20(18)23;/h3-6,15,17,26H,2,7-14,16H2,1H3;1H. The lowest BCUT2D eigenvalue weighted by Crippen LogP contribution is -2.51. The molecular formula is C23H32N2O4. The first kappa shape index (κ1) is 20.1. The van der Waals surface area contributed by atoms with Gasteiger partial charge in [0.05, 0.1) is 6.61 Å². The number of piperidine rings is 2. The van der Waals surface area contributed by atoms with Gasteiger partial charge in [-0.05, 0) is 56.8 Å². The second-order valence-electron chi connectivity index (χ2n) is 8.29. The summed E-state index contributed by atoms with van der Waals surface area (Å²) in [5.74, 6) is -0.192. The van der Waals surface area contributed by atoms with E-state index in [9.17, 15) is 14.7 Å². The highest BCUT2D eigenvalue weighted by Crippen LogP contribution is 2.47. The topological polar surface area (TPSA) is 70.1 Å². The molecule has 0 bridgehead atoms. The van der Waals surface area contributed by atoms with Gasteiger partial charge < -0.3 is 19.6 Å². The van der Waals surface area contributed by atoms with Crippen LogP contribution in [0.25, 0.3) is 5.57 Å². The molecule has 0 saturated carbocycles. The van der Waals surface area contributed by atoms with Crippen LogP contribution in [0, 0.1) is 0 Å². The van der Waals surface area contributed by atoms with Gasteiger partial charge in [0, 0.05) is 31.5 Å². The van der Waals surface area contributed by atoms with Gasteiger partial charge in [0.2, 0.25) is 0 Å². The Labute approximate surface area is 173 Å². The van der Waals surface area contributed by atoms with E-state index in [1.807, 2.05) is 30.0 Å². The number of allylic oxidation sites excluding steroid dienone is 1. The van der Waals surface area contributed by atoms with Crippen LogP contribution in [0.4, 0.5) is 4.79 Å². The Kier molecular flexibility index (Phi) is 5.74. The number of carbonyl (C=O) groups is 2. The van der Waals surface area contributed by atoms with Crippen molar-refractivity contribution in [3.63, 3.8) is 0 Å². The predicted molar refractivity (Wildman–Crippen MR) is 113 cm³/mol. The van der Waals surface area contributed by atoms with Gasteiger partial charge in [-0.3, -0.25) is 4.79 Å². The van der Waals surface area contributed by atoms with Crippen LogP contribution in [-0.4, -0.2) is 72.2 Å². The summed E-state index contributed by atoms with van der Waals surface area (Å²) in [5, 5.41) is 9.38. The van der Waals surface area contributed by atoms with E-state index in [4.69, 9.17) is 4.74 Å². The summed E-state index contributed by atoms with van der Waals surface area (Å²) in [6.07, 6.45) is 5.84. The Morgan fingerprint density at radius 3 is 2.52 bits per heavy atom. The second kappa shape index (κ2) is 8.28. The van der Waals surface area contributed by atoms with Gasteiger partial charge in [0.1, 0.15) is 6.61 Å². The van der Waals surface area contributed by atoms with Gasteiger partial charge in [0.15, 0.2) is 5.78 Å². The lowest BCUT2D eigenvalue weighted by Gasteiger charge is -2.44. The van der Waals surface area contributed by atoms with Crippen molar-refractivity contribution in [2.75, 3.05) is 39.4 Å². The van der Waals surface area contributed by atoms with Gasteiger partial charge in [-0.25, -0.2) is 4.79 Å². The molecular weight excluding hydrogens is 368 g/mol. The maximum Gasteiger partial charge on any atom is 0.409 e. The number of hydrogen-bond acceptors (Lipinski definition) is 5. The number of ether oxygens (including phenoxy) is 1. The van der Waals surface area contributed by atoms with E-state index in [-0.39, 0.29) is 18.7 Å². The minimum atomic E-state index is -0.443. The van der Waals surface area contributed by atoms with E-state index in [2.05, 4.69) is 17.0 Å². The fourth-order valence-electron chi connectivity index (χ4n) is 5.23. The average Bonchev–Trinajstić information content (AvgIpc) is 3.08. The molecule has 1 spiro atoms. The Hall–Kier alpha value is -2.18. The number of fused-ring (bicyclic) bond motifs is 2. The third-order valence-corrected chi connectivity index (χ3v) is 6.82. The van der Waals surface area contributed by atoms with Crippen LogP contribution in [-0.2, 0) is 14.9 Å². The summed E-state index contributed by atoms with van der Waals surface area (Å²) in [6.45, 7) is 5.28. The first-order valence-corrected chi connectivity index (χ1v) is 10.7. The van der Waals surface area contributed by atoms with E-state index in [0.29, 0.717) is 18.2 Å². The average molecular weight is 401 g/mol. The second-order valence-corrected chi connectivity index (χ2v) is 8.29. The number of amides is 1. The monoisotopic (exact) mass is 400 g/mol. The first-order valence-electron chi connectivity index (χ1n) is 10.7. The van der Waals surface area contributed by atoms with Crippen molar-refractivity contribution in [2.24, 2.45) is 0 Å². The number of aliphatic hydroxyl groups is 1. The summed E-state index contributed by atoms with van der Waals surface area (Å²) in [4.78, 5) is 28.6. The molecule has 2 aliphatic heterocycles. The molecule has 0 radical (unpaired) electrons. The van der Waals surface area contributed by atoms with Crippen LogP contribution in [0.2, 0.25) is 0 Å². The van der Waals surface area contributed by atoms with Crippen LogP contribution >= 0.6 is 0 Å². The molecule has 29 heavy (non-hydrogen) atoms. The SMILES string of the molecule is CCOC(=O)N1CCC(N2CCC3(C=C(C(=O)CO)c4ccccc43)CC2)CC1.[HH]. The molecule has 1 N–H and O–H groups in total. The highest BCUT2D eigenvalue weighted by atomic mass is 16.6. The molecule has 2 fully saturated rings. The lowest BCUT2D eigenvalue weighted by atomic mass is 9.74. The zero-order valence-corrected chi connectivity index (χ0v) is 17.1. The molecule has 4 rings (SSSR count). The van der Waals surface area contributed by atoms with E-state index >= 15 is 0 Å². The zero-order valence-electron chi connectivity index (χ0n) is 17.1. The molecule has 3 aliphatic rings. The lowest BCUT2D eigenvalue weighted by molar-refractivity contribution is -0.116. The summed E-state index contributed by atoms with van der Waals surface area (Å²) in [5.41, 5.74) is 2.80. The van der Waals surface area contributed by atoms with E-state index in [1.165, 1.54) is 5.56 Å². The minimum absolute atomic E-state index is 0. The van der Waals surface area contributed by atoms with E-state index in [0.717, 1.165) is 57.4 Å². The summed E-state index contributed by atoms with van der Waals surface area (Å²) >= 11 is 0. The van der Waals surface area contributed by atoms with Gasteiger partial charge in [0.25, 0.3) is 0 Å². The van der Waals surface area contributed by atoms with Crippen LogP contribution in [0.15, 0.2) is 30.3 Å². The first-order chi connectivity index (χ1) is 14.1. The van der Waals surface area contributed by atoms with Gasteiger partial charge >= 0.3 is 6.09 Å². The van der Waals surface area contributed by atoms with Crippen molar-refractivity contribution in [3.05, 3.63) is 41.5 Å². The zero-order chi connectivity index (χ0) is 20.4. The van der Waals surface area contributed by atoms with Crippen molar-refractivity contribution >= 4 is 17.4 Å². The van der Waals surface area contributed by atoms with Crippen molar-refractivity contribution in [3.8, 4) is 0 Å². The van der Waals surface area contributed by atoms with Crippen LogP contribution in [0.5, 0.6) is 0 Å². The summed E-state index contributed by atoms with van der Waals surface area (Å²) in [7, 11) is 0. The van der Waals surface area contributed by atoms with Gasteiger partial charge in [-0.2, -0.15) is 0 Å². The fourth-order valence-corrected chi connectivity index (χ4v) is 5.23. The highest BCUT2D eigenvalue weighted by molar-refractivity contribution is 6.23. The molecule has 0 atom stereocenters. The number of carbonyl (C=O) groups excluding carboxylic acids is 2. The van der Waals surface area contributed by atoms with Crippen LogP contribution in [0.3, 0.4) is 0 Å². The number of ketones is 1. The Bertz CT molecular complexity index is 809. The molecule has 1 amide bonds. The number of rotatable bonds is 4. The summed E-state index contributed by atoms with van der Waals surface area (Å²) in [6, 6.07) is 8.64. The Morgan fingerprint density at radius 1 is 1.17 bits per heavy atom. The normalized spacial score (nSPS) is 21.7. The van der Waals surface area contributed by atoms with Gasteiger partial charge in [-0.1, -0.05) is 30.3 Å². The largest absolute Gasteiger partial charge is 0.450 e. The van der Waals surface area contributed by atoms with Gasteiger partial charge in [-0.15, -0.1) is 0 Å². The molecule has 6 heteroatoms. The van der Waals surface area contributed by atoms with E-state index in [1.54, 1.807) is 0 Å². The minimum Gasteiger partial charge on any atom is -0.450 e. The number of benzene rings is 1. The molecule has 1 aromatic carbocycles. The predicted octanol–water partition coefficient (Wildman–Crippen LogP) is 2.85. The number of nitrogens with zero attached hydrogens (tertiary/aromatic N) is 2. The molecule has 158 valence electrons. The van der Waals surface area contributed by atoms with E-state index < -0.39 is 6.61 Å². The number of aliphatic hydroxyl groups excluding tert-OH is 1. The maximum absolute atomic E-state index is 12.3. The molecule has 0 aromatic heterocycles. The molecule has 1 aliphatic carbocycles. The molecule has 0 unspecified atom stereocenters. The molecule has 6 nitrogen and oxygen atoms in total. The number of Topliss-reactive ketones (excluding diaryl/α,β-unsaturated/α-hetero) is 1. The van der Waals surface area contributed by atoms with Crippen molar-refractivity contribution in [1.82, 2.24) is 9.80 Å². The Balaban J connectivity index is 0.00000256. The third-order valence-electron chi connectivity index (χ3n) is 6.82. The third kappa shape index (κ3) is 3.71. The maximum atomic E-state index is 12.3. The quantitative estimate of drug-likeness (QED) is 0.842. The molecule has 2 heterocycles. The van der Waals surface area contributed by atoms with Crippen molar-refractivity contribution in [1.29, 1.82) is 0 Å². The van der Waals surface area contributed by atoms with Crippen LogP contribution < -0.4 is 0 Å². The van der Waals surface area contributed by atoms with Crippen molar-refractivity contribution < 1.29 is 20.9 Å².